The average molecular weight is 404 g/mol. The Kier molecular flexibility index (Phi) is 4.32. The Morgan fingerprint density at radius 2 is 2.03 bits per heavy atom. The van der Waals surface area contributed by atoms with Gasteiger partial charge in [-0.2, -0.15) is 0 Å². The first kappa shape index (κ1) is 17.9. The number of carbonyl (C=O) groups is 1. The van der Waals surface area contributed by atoms with E-state index in [1.807, 2.05) is 24.3 Å². The topological polar surface area (TPSA) is 79.8 Å². The molecule has 0 radical (unpaired) electrons. The van der Waals surface area contributed by atoms with Crippen LogP contribution < -0.4 is 10.9 Å². The highest BCUT2D eigenvalue weighted by Crippen LogP contribution is 2.43. The molecule has 0 saturated carbocycles. The molecular weight excluding hydrogens is 384 g/mol. The van der Waals surface area contributed by atoms with Crippen molar-refractivity contribution in [2.75, 3.05) is 5.32 Å². The van der Waals surface area contributed by atoms with Crippen LogP contribution in [0.5, 0.6) is 0 Å². The summed E-state index contributed by atoms with van der Waals surface area (Å²) in [6, 6.07) is 10.9. The fraction of sp³-hybridized carbons (Fsp3) is 0.227. The molecule has 6 nitrogen and oxygen atoms in total. The van der Waals surface area contributed by atoms with E-state index in [4.69, 9.17) is 4.98 Å². The lowest BCUT2D eigenvalue weighted by Crippen LogP contribution is -2.19. The lowest BCUT2D eigenvalue weighted by molar-refractivity contribution is 0.102. The van der Waals surface area contributed by atoms with E-state index in [9.17, 15) is 9.59 Å². The molecule has 1 aromatic carbocycles. The molecule has 5 rings (SSSR count). The molecule has 3 heterocycles. The first-order chi connectivity index (χ1) is 14.1. The quantitative estimate of drug-likeness (QED) is 0.539. The molecular formula is C22H20N4O2S. The number of H-pyrrole nitrogens is 1. The molecule has 146 valence electrons. The molecule has 7 heteroatoms. The highest BCUT2D eigenvalue weighted by molar-refractivity contribution is 7.17. The molecule has 0 unspecified atom stereocenters. The number of amides is 1. The van der Waals surface area contributed by atoms with Gasteiger partial charge in [-0.3, -0.25) is 9.59 Å². The molecule has 29 heavy (non-hydrogen) atoms. The molecule has 1 aliphatic rings. The van der Waals surface area contributed by atoms with Crippen molar-refractivity contribution in [2.24, 2.45) is 7.05 Å². The molecule has 4 aromatic rings. The number of fused-ring (bicyclic) bond motifs is 2. The van der Waals surface area contributed by atoms with E-state index >= 15 is 0 Å². The number of imidazole rings is 1. The van der Waals surface area contributed by atoms with Crippen molar-refractivity contribution in [3.05, 3.63) is 69.0 Å². The Morgan fingerprint density at radius 3 is 2.86 bits per heavy atom. The third-order valence-corrected chi connectivity index (χ3v) is 6.60. The van der Waals surface area contributed by atoms with Gasteiger partial charge in [-0.05, 0) is 49.4 Å². The van der Waals surface area contributed by atoms with Crippen molar-refractivity contribution in [3.63, 3.8) is 0 Å². The van der Waals surface area contributed by atoms with Crippen molar-refractivity contribution >= 4 is 33.3 Å². The number of aromatic amines is 1. The van der Waals surface area contributed by atoms with Gasteiger partial charge in [0.05, 0.1) is 16.6 Å². The highest BCUT2D eigenvalue weighted by Gasteiger charge is 2.25. The monoisotopic (exact) mass is 404 g/mol. The Morgan fingerprint density at radius 1 is 1.21 bits per heavy atom. The summed E-state index contributed by atoms with van der Waals surface area (Å²) in [5.74, 6) is 0.503. The number of carbonyl (C=O) groups excluding carboxylic acids is 1. The van der Waals surface area contributed by atoms with E-state index < -0.39 is 0 Å². The normalized spacial score (nSPS) is 13.4. The maximum Gasteiger partial charge on any atom is 0.256 e. The van der Waals surface area contributed by atoms with Crippen LogP contribution in [-0.4, -0.2) is 20.4 Å². The summed E-state index contributed by atoms with van der Waals surface area (Å²) in [6.07, 6.45) is 5.92. The number of aromatic nitrogens is 3. The van der Waals surface area contributed by atoms with Crippen LogP contribution in [0.4, 0.5) is 5.00 Å². The molecule has 0 aliphatic heterocycles. The van der Waals surface area contributed by atoms with E-state index in [1.165, 1.54) is 21.1 Å². The van der Waals surface area contributed by atoms with Crippen LogP contribution in [0.3, 0.4) is 0 Å². The fourth-order valence-electron chi connectivity index (χ4n) is 3.84. The van der Waals surface area contributed by atoms with Crippen molar-refractivity contribution in [1.82, 2.24) is 14.5 Å². The van der Waals surface area contributed by atoms with Gasteiger partial charge >= 0.3 is 0 Å². The highest BCUT2D eigenvalue weighted by atomic mass is 32.1. The predicted molar refractivity (Wildman–Crippen MR) is 116 cm³/mol. The van der Waals surface area contributed by atoms with Gasteiger partial charge < -0.3 is 14.9 Å². The summed E-state index contributed by atoms with van der Waals surface area (Å²) >= 11 is 1.62. The number of rotatable bonds is 3. The minimum Gasteiger partial charge on any atom is -0.338 e. The fourth-order valence-corrected chi connectivity index (χ4v) is 5.13. The Bertz CT molecular complexity index is 1260. The van der Waals surface area contributed by atoms with Gasteiger partial charge in [-0.25, -0.2) is 4.98 Å². The number of hydrogen-bond donors (Lipinski definition) is 2. The second-order valence-electron chi connectivity index (χ2n) is 7.34. The number of nitrogens with one attached hydrogen (secondary N) is 2. The summed E-state index contributed by atoms with van der Waals surface area (Å²) in [5.41, 5.74) is 4.29. The molecule has 3 aromatic heterocycles. The minimum atomic E-state index is -0.279. The summed E-state index contributed by atoms with van der Waals surface area (Å²) in [6.45, 7) is 0. The molecule has 0 bridgehead atoms. The summed E-state index contributed by atoms with van der Waals surface area (Å²) in [5, 5.41) is 3.84. The first-order valence-corrected chi connectivity index (χ1v) is 10.5. The zero-order valence-corrected chi connectivity index (χ0v) is 16.8. The average Bonchev–Trinajstić information content (AvgIpc) is 3.30. The Hall–Kier alpha value is -3.19. The summed E-state index contributed by atoms with van der Waals surface area (Å²) in [7, 11) is 1.66. The maximum absolute atomic E-state index is 12.9. The SMILES string of the molecule is Cn1ccc(C(=O)Nc2sc3c(c2-c2nc4ccccc4[nH]2)CCCC3)cc1=O. The van der Waals surface area contributed by atoms with Crippen molar-refractivity contribution in [2.45, 2.75) is 25.7 Å². The van der Waals surface area contributed by atoms with Crippen molar-refractivity contribution < 1.29 is 4.79 Å². The third kappa shape index (κ3) is 3.17. The van der Waals surface area contributed by atoms with Gasteiger partial charge in [0.15, 0.2) is 0 Å². The number of hydrogen-bond acceptors (Lipinski definition) is 4. The molecule has 0 fully saturated rings. The second kappa shape index (κ2) is 7.00. The number of thiophene rings is 1. The Labute approximate surface area is 171 Å². The van der Waals surface area contributed by atoms with Crippen LogP contribution in [-0.2, 0) is 19.9 Å². The number of anilines is 1. The number of nitrogens with zero attached hydrogens (tertiary/aromatic N) is 2. The van der Waals surface area contributed by atoms with Crippen LogP contribution in [0.15, 0.2) is 47.4 Å². The zero-order chi connectivity index (χ0) is 20.0. The van der Waals surface area contributed by atoms with Crippen LogP contribution in [0.1, 0.15) is 33.6 Å². The Balaban J connectivity index is 1.59. The summed E-state index contributed by atoms with van der Waals surface area (Å²) in [4.78, 5) is 34.3. The van der Waals surface area contributed by atoms with E-state index in [2.05, 4.69) is 10.3 Å². The van der Waals surface area contributed by atoms with Gasteiger partial charge in [0.1, 0.15) is 10.8 Å². The molecule has 1 aliphatic carbocycles. The van der Waals surface area contributed by atoms with Gasteiger partial charge in [0, 0.05) is 29.8 Å². The van der Waals surface area contributed by atoms with Crippen LogP contribution in [0, 0.1) is 0 Å². The zero-order valence-electron chi connectivity index (χ0n) is 16.0. The van der Waals surface area contributed by atoms with Gasteiger partial charge in [-0.1, -0.05) is 12.1 Å². The number of benzene rings is 1. The van der Waals surface area contributed by atoms with E-state index in [0.29, 0.717) is 5.56 Å². The van der Waals surface area contributed by atoms with E-state index in [-0.39, 0.29) is 11.5 Å². The van der Waals surface area contributed by atoms with Crippen LogP contribution >= 0.6 is 11.3 Å². The lowest BCUT2D eigenvalue weighted by Gasteiger charge is -2.12. The number of aryl methyl sites for hydroxylation is 2. The standard InChI is InChI=1S/C22H20N4O2S/c1-26-11-10-13(12-18(26)27)21(28)25-22-19(14-6-2-5-9-17(14)29-22)20-23-15-7-3-4-8-16(15)24-20/h3-4,7-8,10-12H,2,5-6,9H2,1H3,(H,23,24)(H,25,28). The molecule has 1 amide bonds. The van der Waals surface area contributed by atoms with E-state index in [1.54, 1.807) is 30.6 Å². The smallest absolute Gasteiger partial charge is 0.256 e. The van der Waals surface area contributed by atoms with Gasteiger partial charge in [0.25, 0.3) is 11.5 Å². The van der Waals surface area contributed by atoms with Gasteiger partial charge in [0.2, 0.25) is 0 Å². The first-order valence-electron chi connectivity index (χ1n) is 9.68. The van der Waals surface area contributed by atoms with Crippen LogP contribution in [0.25, 0.3) is 22.4 Å². The third-order valence-electron chi connectivity index (χ3n) is 5.39. The molecule has 0 spiro atoms. The minimum absolute atomic E-state index is 0.208. The molecule has 0 atom stereocenters. The number of para-hydroxylation sites is 2. The molecule has 0 saturated heterocycles. The van der Waals surface area contributed by atoms with Crippen molar-refractivity contribution in [3.8, 4) is 11.4 Å². The lowest BCUT2D eigenvalue weighted by atomic mass is 9.95. The second-order valence-corrected chi connectivity index (χ2v) is 8.44. The van der Waals surface area contributed by atoms with Crippen LogP contribution in [0.2, 0.25) is 0 Å². The summed E-state index contributed by atoms with van der Waals surface area (Å²) < 4.78 is 1.44. The molecule has 2 N–H and O–H groups in total. The predicted octanol–water partition coefficient (Wildman–Crippen LogP) is 4.12. The maximum atomic E-state index is 12.9. The van der Waals surface area contributed by atoms with E-state index in [0.717, 1.165) is 53.1 Å². The van der Waals surface area contributed by atoms with Gasteiger partial charge in [-0.15, -0.1) is 11.3 Å². The number of pyridine rings is 1. The van der Waals surface area contributed by atoms with Crippen molar-refractivity contribution in [1.29, 1.82) is 0 Å². The largest absolute Gasteiger partial charge is 0.338 e.